The van der Waals surface area contributed by atoms with Gasteiger partial charge in [0.2, 0.25) is 5.82 Å². The molecule has 0 saturated carbocycles. The monoisotopic (exact) mass is 185 g/mol. The van der Waals surface area contributed by atoms with Crippen molar-refractivity contribution in [2.24, 2.45) is 0 Å². The van der Waals surface area contributed by atoms with Crippen molar-refractivity contribution in [1.82, 2.24) is 10.1 Å². The molecule has 0 atom stereocenters. The molecule has 4 nitrogen and oxygen atoms in total. The lowest BCUT2D eigenvalue weighted by molar-refractivity contribution is 0.408. The average Bonchev–Trinajstić information content (AvgIpc) is 2.66. The van der Waals surface area contributed by atoms with Crippen LogP contribution in [-0.2, 0) is 0 Å². The van der Waals surface area contributed by atoms with Crippen LogP contribution in [0.1, 0.15) is 11.5 Å². The van der Waals surface area contributed by atoms with E-state index < -0.39 is 0 Å². The third-order valence-electron chi connectivity index (χ3n) is 1.80. The van der Waals surface area contributed by atoms with Gasteiger partial charge < -0.3 is 4.52 Å². The molecule has 14 heavy (non-hydrogen) atoms. The van der Waals surface area contributed by atoms with E-state index in [0.29, 0.717) is 5.82 Å². The van der Waals surface area contributed by atoms with Gasteiger partial charge in [0.25, 0.3) is 0 Å². The van der Waals surface area contributed by atoms with Crippen LogP contribution in [0, 0.1) is 18.3 Å². The fourth-order valence-electron chi connectivity index (χ4n) is 1.17. The van der Waals surface area contributed by atoms with Gasteiger partial charge in [0.15, 0.2) is 6.07 Å². The second-order valence-electron chi connectivity index (χ2n) is 2.90. The summed E-state index contributed by atoms with van der Waals surface area (Å²) in [5, 5.41) is 12.2. The highest BCUT2D eigenvalue weighted by molar-refractivity contribution is 5.55. The fourth-order valence-corrected chi connectivity index (χ4v) is 1.17. The van der Waals surface area contributed by atoms with Gasteiger partial charge in [-0.3, -0.25) is 0 Å². The summed E-state index contributed by atoms with van der Waals surface area (Å²) < 4.78 is 4.69. The van der Waals surface area contributed by atoms with Crippen molar-refractivity contribution < 1.29 is 4.52 Å². The van der Waals surface area contributed by atoms with Crippen LogP contribution in [0.2, 0.25) is 0 Å². The minimum atomic E-state index is -0.0125. The summed E-state index contributed by atoms with van der Waals surface area (Å²) in [5.74, 6) is 0.437. The lowest BCUT2D eigenvalue weighted by Gasteiger charge is -1.94. The maximum absolute atomic E-state index is 8.51. The first-order chi connectivity index (χ1) is 6.79. The van der Waals surface area contributed by atoms with E-state index >= 15 is 0 Å². The van der Waals surface area contributed by atoms with Crippen molar-refractivity contribution in [1.29, 1.82) is 5.26 Å². The second kappa shape index (κ2) is 3.30. The van der Waals surface area contributed by atoms with E-state index in [-0.39, 0.29) is 5.89 Å². The van der Waals surface area contributed by atoms with Gasteiger partial charge in [0.05, 0.1) is 0 Å². The highest BCUT2D eigenvalue weighted by atomic mass is 16.5. The van der Waals surface area contributed by atoms with Crippen LogP contribution in [0.25, 0.3) is 11.4 Å². The molecule has 4 heteroatoms. The minimum absolute atomic E-state index is 0.0125. The molecule has 0 aliphatic rings. The van der Waals surface area contributed by atoms with Crippen molar-refractivity contribution in [3.8, 4) is 17.5 Å². The molecule has 0 spiro atoms. The predicted octanol–water partition coefficient (Wildman–Crippen LogP) is 1.92. The Hall–Kier alpha value is -2.15. The Balaban J connectivity index is 2.45. The summed E-state index contributed by atoms with van der Waals surface area (Å²) in [6, 6.07) is 9.49. The molecule has 68 valence electrons. The molecular formula is C10H7N3O. The summed E-state index contributed by atoms with van der Waals surface area (Å²) in [4.78, 5) is 3.90. The number of aryl methyl sites for hydroxylation is 1. The number of rotatable bonds is 1. The van der Waals surface area contributed by atoms with Crippen LogP contribution in [0.15, 0.2) is 28.8 Å². The third kappa shape index (κ3) is 1.48. The minimum Gasteiger partial charge on any atom is -0.322 e. The Morgan fingerprint density at radius 2 is 2.29 bits per heavy atom. The number of aromatic nitrogens is 2. The Bertz CT molecular complexity index is 496. The van der Waals surface area contributed by atoms with E-state index in [1.807, 2.05) is 31.2 Å². The van der Waals surface area contributed by atoms with Crippen LogP contribution in [0.3, 0.4) is 0 Å². The van der Waals surface area contributed by atoms with Crippen LogP contribution in [0.4, 0.5) is 0 Å². The van der Waals surface area contributed by atoms with Gasteiger partial charge in [0.1, 0.15) is 0 Å². The Morgan fingerprint density at radius 3 is 2.93 bits per heavy atom. The van der Waals surface area contributed by atoms with Crippen molar-refractivity contribution in [3.63, 3.8) is 0 Å². The molecule has 0 aliphatic carbocycles. The molecule has 2 aromatic rings. The van der Waals surface area contributed by atoms with Crippen molar-refractivity contribution in [2.75, 3.05) is 0 Å². The Labute approximate surface area is 80.8 Å². The van der Waals surface area contributed by atoms with E-state index in [9.17, 15) is 0 Å². The van der Waals surface area contributed by atoms with Crippen LogP contribution >= 0.6 is 0 Å². The predicted molar refractivity (Wildman–Crippen MR) is 49.2 cm³/mol. The topological polar surface area (TPSA) is 62.7 Å². The lowest BCUT2D eigenvalue weighted by atomic mass is 10.1. The zero-order valence-electron chi connectivity index (χ0n) is 7.56. The molecule has 1 aromatic carbocycles. The summed E-state index contributed by atoms with van der Waals surface area (Å²) in [5.41, 5.74) is 1.97. The first kappa shape index (κ1) is 8.45. The van der Waals surface area contributed by atoms with Gasteiger partial charge >= 0.3 is 5.89 Å². The molecule has 0 saturated heterocycles. The highest BCUT2D eigenvalue weighted by Crippen LogP contribution is 2.16. The van der Waals surface area contributed by atoms with E-state index in [0.717, 1.165) is 11.1 Å². The van der Waals surface area contributed by atoms with Gasteiger partial charge in [-0.05, 0) is 13.0 Å². The average molecular weight is 185 g/mol. The SMILES string of the molecule is Cc1cccc(-c2noc(C#N)n2)c1. The molecule has 0 bridgehead atoms. The summed E-state index contributed by atoms with van der Waals surface area (Å²) in [6.07, 6.45) is 0. The van der Waals surface area contributed by atoms with Crippen molar-refractivity contribution in [2.45, 2.75) is 6.92 Å². The third-order valence-corrected chi connectivity index (χ3v) is 1.80. The quantitative estimate of drug-likeness (QED) is 0.680. The molecule has 2 rings (SSSR count). The second-order valence-corrected chi connectivity index (χ2v) is 2.90. The Kier molecular flexibility index (Phi) is 1.99. The standard InChI is InChI=1S/C10H7N3O/c1-7-3-2-4-8(5-7)10-12-9(6-11)14-13-10/h2-5H,1H3. The van der Waals surface area contributed by atoms with Crippen LogP contribution in [-0.4, -0.2) is 10.1 Å². The molecule has 0 radical (unpaired) electrons. The van der Waals surface area contributed by atoms with Gasteiger partial charge in [-0.15, -0.1) is 0 Å². The molecule has 1 aromatic heterocycles. The Morgan fingerprint density at radius 1 is 1.43 bits per heavy atom. The maximum atomic E-state index is 8.51. The zero-order valence-corrected chi connectivity index (χ0v) is 7.56. The van der Waals surface area contributed by atoms with Gasteiger partial charge in [-0.2, -0.15) is 10.2 Å². The van der Waals surface area contributed by atoms with Crippen molar-refractivity contribution in [3.05, 3.63) is 35.7 Å². The van der Waals surface area contributed by atoms with Gasteiger partial charge in [0, 0.05) is 5.56 Å². The first-order valence-corrected chi connectivity index (χ1v) is 4.10. The smallest absolute Gasteiger partial charge is 0.322 e. The number of nitriles is 1. The van der Waals surface area contributed by atoms with Crippen LogP contribution in [0.5, 0.6) is 0 Å². The summed E-state index contributed by atoms with van der Waals surface area (Å²) >= 11 is 0. The molecule has 0 aliphatic heterocycles. The lowest BCUT2D eigenvalue weighted by Crippen LogP contribution is -1.81. The number of benzene rings is 1. The zero-order chi connectivity index (χ0) is 9.97. The van der Waals surface area contributed by atoms with E-state index in [1.54, 1.807) is 6.07 Å². The summed E-state index contributed by atoms with van der Waals surface area (Å²) in [7, 11) is 0. The highest BCUT2D eigenvalue weighted by Gasteiger charge is 2.06. The molecule has 0 amide bonds. The first-order valence-electron chi connectivity index (χ1n) is 4.10. The number of hydrogen-bond acceptors (Lipinski definition) is 4. The molecule has 0 unspecified atom stereocenters. The maximum Gasteiger partial charge on any atom is 0.329 e. The normalized spacial score (nSPS) is 9.71. The molecule has 1 heterocycles. The van der Waals surface area contributed by atoms with E-state index in [1.165, 1.54) is 0 Å². The molecular weight excluding hydrogens is 178 g/mol. The number of nitrogens with zero attached hydrogens (tertiary/aromatic N) is 3. The van der Waals surface area contributed by atoms with Gasteiger partial charge in [-0.25, -0.2) is 0 Å². The van der Waals surface area contributed by atoms with Gasteiger partial charge in [-0.1, -0.05) is 28.9 Å². The van der Waals surface area contributed by atoms with Crippen molar-refractivity contribution >= 4 is 0 Å². The fraction of sp³-hybridized carbons (Fsp3) is 0.100. The number of hydrogen-bond donors (Lipinski definition) is 0. The van der Waals surface area contributed by atoms with E-state index in [2.05, 4.69) is 14.7 Å². The van der Waals surface area contributed by atoms with E-state index in [4.69, 9.17) is 5.26 Å². The summed E-state index contributed by atoms with van der Waals surface area (Å²) in [6.45, 7) is 1.98. The largest absolute Gasteiger partial charge is 0.329 e. The molecule has 0 N–H and O–H groups in total. The van der Waals surface area contributed by atoms with Crippen LogP contribution < -0.4 is 0 Å². The molecule has 0 fully saturated rings.